The molecule has 3 nitrogen and oxygen atoms in total. The van der Waals surface area contributed by atoms with Crippen LogP contribution < -0.4 is 5.73 Å². The van der Waals surface area contributed by atoms with Crippen molar-refractivity contribution < 1.29 is 9.21 Å². The van der Waals surface area contributed by atoms with Crippen molar-refractivity contribution in [2.24, 2.45) is 0 Å². The molecule has 0 atom stereocenters. The lowest BCUT2D eigenvalue weighted by Crippen LogP contribution is -1.94. The highest BCUT2D eigenvalue weighted by atomic mass is 79.9. The Morgan fingerprint density at radius 1 is 1.53 bits per heavy atom. The molecule has 15 heavy (non-hydrogen) atoms. The summed E-state index contributed by atoms with van der Waals surface area (Å²) in [7, 11) is 0. The molecule has 1 aromatic heterocycles. The Morgan fingerprint density at radius 3 is 2.80 bits per heavy atom. The van der Waals surface area contributed by atoms with Crippen LogP contribution in [0.1, 0.15) is 17.5 Å². The highest BCUT2D eigenvalue weighted by Crippen LogP contribution is 2.35. The van der Waals surface area contributed by atoms with E-state index in [1.165, 1.54) is 6.92 Å². The number of hydrogen-bond donors (Lipinski definition) is 1. The van der Waals surface area contributed by atoms with Crippen molar-refractivity contribution in [3.8, 4) is 0 Å². The summed E-state index contributed by atoms with van der Waals surface area (Å²) >= 11 is 9.17. The first-order chi connectivity index (χ1) is 7.00. The molecule has 0 amide bonds. The molecule has 0 aliphatic heterocycles. The molecule has 0 aliphatic rings. The van der Waals surface area contributed by atoms with Crippen LogP contribution >= 0.6 is 27.5 Å². The fraction of sp³-hybridized carbons (Fsp3) is 0.100. The van der Waals surface area contributed by atoms with Gasteiger partial charge in [-0.05, 0) is 28.1 Å². The number of benzene rings is 1. The monoisotopic (exact) mass is 287 g/mol. The molecule has 2 N–H and O–H groups in total. The van der Waals surface area contributed by atoms with Crippen molar-refractivity contribution in [1.29, 1.82) is 0 Å². The van der Waals surface area contributed by atoms with Gasteiger partial charge in [0.2, 0.25) is 0 Å². The molecule has 0 fully saturated rings. The van der Waals surface area contributed by atoms with Gasteiger partial charge in [-0.15, -0.1) is 0 Å². The largest absolute Gasteiger partial charge is 0.450 e. The number of halogens is 2. The number of nitrogens with two attached hydrogens (primary N) is 1. The standard InChI is InChI=1S/C10H7BrClNO2/c1-4(14)9-8(13)6-2-5(12)3-7(11)10(6)15-9/h2-3H,13H2,1H3. The molecule has 0 saturated carbocycles. The lowest BCUT2D eigenvalue weighted by Gasteiger charge is -1.94. The van der Waals surface area contributed by atoms with Gasteiger partial charge in [0.1, 0.15) is 0 Å². The van der Waals surface area contributed by atoms with E-state index in [0.717, 1.165) is 0 Å². The highest BCUT2D eigenvalue weighted by Gasteiger charge is 2.17. The first kappa shape index (κ1) is 10.5. The second kappa shape index (κ2) is 3.54. The van der Waals surface area contributed by atoms with E-state index >= 15 is 0 Å². The van der Waals surface area contributed by atoms with Crippen molar-refractivity contribution in [1.82, 2.24) is 0 Å². The fourth-order valence-corrected chi connectivity index (χ4v) is 2.30. The summed E-state index contributed by atoms with van der Waals surface area (Å²) in [5, 5.41) is 1.19. The third-order valence-electron chi connectivity index (χ3n) is 2.07. The summed E-state index contributed by atoms with van der Waals surface area (Å²) in [4.78, 5) is 11.2. The van der Waals surface area contributed by atoms with E-state index in [1.54, 1.807) is 12.1 Å². The molecular formula is C10H7BrClNO2. The van der Waals surface area contributed by atoms with E-state index in [1.807, 2.05) is 0 Å². The first-order valence-electron chi connectivity index (χ1n) is 4.18. The molecule has 1 aromatic carbocycles. The van der Waals surface area contributed by atoms with Crippen molar-refractivity contribution in [3.05, 3.63) is 27.4 Å². The van der Waals surface area contributed by atoms with Crippen LogP contribution in [0.4, 0.5) is 5.69 Å². The molecule has 0 saturated heterocycles. The minimum atomic E-state index is -0.202. The van der Waals surface area contributed by atoms with Crippen LogP contribution in [0.25, 0.3) is 11.0 Å². The van der Waals surface area contributed by atoms with E-state index in [2.05, 4.69) is 15.9 Å². The van der Waals surface area contributed by atoms with Gasteiger partial charge in [0, 0.05) is 17.3 Å². The number of hydrogen-bond acceptors (Lipinski definition) is 3. The van der Waals surface area contributed by atoms with Crippen LogP contribution in [-0.4, -0.2) is 5.78 Å². The van der Waals surface area contributed by atoms with Gasteiger partial charge in [0.15, 0.2) is 17.1 Å². The van der Waals surface area contributed by atoms with Gasteiger partial charge in [0.05, 0.1) is 10.2 Å². The summed E-state index contributed by atoms with van der Waals surface area (Å²) in [6.07, 6.45) is 0. The fourth-order valence-electron chi connectivity index (χ4n) is 1.41. The molecule has 5 heteroatoms. The summed E-state index contributed by atoms with van der Waals surface area (Å²) in [5.41, 5.74) is 6.66. The van der Waals surface area contributed by atoms with Crippen molar-refractivity contribution in [2.45, 2.75) is 6.92 Å². The Bertz CT molecular complexity index is 562. The van der Waals surface area contributed by atoms with Crippen LogP contribution in [0.2, 0.25) is 5.02 Å². The van der Waals surface area contributed by atoms with Gasteiger partial charge >= 0.3 is 0 Å². The summed E-state index contributed by atoms with van der Waals surface area (Å²) in [6, 6.07) is 3.36. The SMILES string of the molecule is CC(=O)c1oc2c(Br)cc(Cl)cc2c1N. The Labute approximate surface area is 99.3 Å². The molecule has 78 valence electrons. The van der Waals surface area contributed by atoms with Crippen molar-refractivity contribution in [2.75, 3.05) is 5.73 Å². The maximum atomic E-state index is 11.2. The zero-order valence-electron chi connectivity index (χ0n) is 7.80. The number of carbonyl (C=O) groups is 1. The molecule has 0 unspecified atom stereocenters. The number of fused-ring (bicyclic) bond motifs is 1. The maximum Gasteiger partial charge on any atom is 0.197 e. The second-order valence-corrected chi connectivity index (χ2v) is 4.46. The number of furan rings is 1. The predicted molar refractivity (Wildman–Crippen MR) is 63.3 cm³/mol. The van der Waals surface area contributed by atoms with E-state index in [4.69, 9.17) is 21.8 Å². The van der Waals surface area contributed by atoms with E-state index < -0.39 is 0 Å². The van der Waals surface area contributed by atoms with Crippen molar-refractivity contribution >= 4 is 50.0 Å². The van der Waals surface area contributed by atoms with Crippen LogP contribution in [0.5, 0.6) is 0 Å². The quantitative estimate of drug-likeness (QED) is 0.815. The zero-order chi connectivity index (χ0) is 11.2. The Morgan fingerprint density at radius 2 is 2.20 bits per heavy atom. The predicted octanol–water partition coefficient (Wildman–Crippen LogP) is 3.63. The Hall–Kier alpha value is -1.00. The lowest BCUT2D eigenvalue weighted by atomic mass is 10.2. The smallest absolute Gasteiger partial charge is 0.197 e. The van der Waals surface area contributed by atoms with Gasteiger partial charge < -0.3 is 10.2 Å². The third kappa shape index (κ3) is 1.64. The Kier molecular flexibility index (Phi) is 2.48. The third-order valence-corrected chi connectivity index (χ3v) is 2.87. The summed E-state index contributed by atoms with van der Waals surface area (Å²) < 4.78 is 6.05. The number of anilines is 1. The summed E-state index contributed by atoms with van der Waals surface area (Å²) in [6.45, 7) is 1.41. The van der Waals surface area contributed by atoms with Gasteiger partial charge in [-0.1, -0.05) is 11.6 Å². The number of ketones is 1. The molecule has 2 aromatic rings. The van der Waals surface area contributed by atoms with Crippen LogP contribution in [0.3, 0.4) is 0 Å². The minimum Gasteiger partial charge on any atom is -0.450 e. The van der Waals surface area contributed by atoms with Gasteiger partial charge in [0.25, 0.3) is 0 Å². The molecule has 2 rings (SSSR count). The van der Waals surface area contributed by atoms with Gasteiger partial charge in [-0.3, -0.25) is 4.79 Å². The second-order valence-electron chi connectivity index (χ2n) is 3.17. The first-order valence-corrected chi connectivity index (χ1v) is 5.35. The van der Waals surface area contributed by atoms with Crippen LogP contribution in [0, 0.1) is 0 Å². The van der Waals surface area contributed by atoms with E-state index in [9.17, 15) is 4.79 Å². The average Bonchev–Trinajstić information content (AvgIpc) is 2.44. The molecule has 1 heterocycles. The van der Waals surface area contributed by atoms with Gasteiger partial charge in [-0.2, -0.15) is 0 Å². The number of rotatable bonds is 1. The zero-order valence-corrected chi connectivity index (χ0v) is 10.1. The van der Waals surface area contributed by atoms with Gasteiger partial charge in [-0.25, -0.2) is 0 Å². The Balaban J connectivity index is 2.88. The van der Waals surface area contributed by atoms with Crippen LogP contribution in [0.15, 0.2) is 21.0 Å². The highest BCUT2D eigenvalue weighted by molar-refractivity contribution is 9.10. The number of carbonyl (C=O) groups excluding carboxylic acids is 1. The molecular weight excluding hydrogens is 281 g/mol. The summed E-state index contributed by atoms with van der Waals surface area (Å²) in [5.74, 6) is -0.0281. The number of Topliss-reactive ketones (excluding diaryl/α,β-unsaturated/α-hetero) is 1. The minimum absolute atomic E-state index is 0.174. The van der Waals surface area contributed by atoms with Crippen LogP contribution in [-0.2, 0) is 0 Å². The van der Waals surface area contributed by atoms with E-state index in [-0.39, 0.29) is 11.5 Å². The average molecular weight is 289 g/mol. The molecule has 0 spiro atoms. The number of nitrogen functional groups attached to an aromatic ring is 1. The normalized spacial score (nSPS) is 10.9. The van der Waals surface area contributed by atoms with Crippen molar-refractivity contribution in [3.63, 3.8) is 0 Å². The topological polar surface area (TPSA) is 56.2 Å². The lowest BCUT2D eigenvalue weighted by molar-refractivity contribution is 0.0990. The maximum absolute atomic E-state index is 11.2. The molecule has 0 radical (unpaired) electrons. The molecule has 0 aliphatic carbocycles. The molecule has 0 bridgehead atoms. The van der Waals surface area contributed by atoms with E-state index in [0.29, 0.717) is 26.2 Å².